The van der Waals surface area contributed by atoms with Gasteiger partial charge < -0.3 is 10.2 Å². The van der Waals surface area contributed by atoms with Crippen molar-refractivity contribution in [3.63, 3.8) is 0 Å². The van der Waals surface area contributed by atoms with Crippen LogP contribution in [0, 0.1) is 0 Å². The summed E-state index contributed by atoms with van der Waals surface area (Å²) >= 11 is 0. The fraction of sp³-hybridized carbons (Fsp3) is 1.00. The second-order valence-corrected chi connectivity index (χ2v) is 7.69. The summed E-state index contributed by atoms with van der Waals surface area (Å²) in [7, 11) is -1.19. The average molecular weight is 277 g/mol. The van der Waals surface area contributed by atoms with E-state index in [1.54, 1.807) is 6.92 Å². The maximum Gasteiger partial charge on any atom is 0.215 e. The van der Waals surface area contributed by atoms with E-state index < -0.39 is 10.0 Å². The lowest BCUT2D eigenvalue weighted by Crippen LogP contribution is -2.42. The van der Waals surface area contributed by atoms with E-state index in [2.05, 4.69) is 28.8 Å². The first-order valence-corrected chi connectivity index (χ1v) is 8.29. The van der Waals surface area contributed by atoms with Gasteiger partial charge in [-0.15, -0.1) is 0 Å². The van der Waals surface area contributed by atoms with Crippen LogP contribution in [-0.4, -0.2) is 57.3 Å². The predicted octanol–water partition coefficient (Wildman–Crippen LogP) is 0.387. The summed E-state index contributed by atoms with van der Waals surface area (Å²) in [6.07, 6.45) is 2.36. The molecule has 1 fully saturated rings. The third-order valence-corrected chi connectivity index (χ3v) is 5.28. The van der Waals surface area contributed by atoms with Gasteiger partial charge in [-0.1, -0.05) is 0 Å². The Kier molecular flexibility index (Phi) is 6.04. The van der Waals surface area contributed by atoms with Crippen LogP contribution in [0.25, 0.3) is 0 Å². The van der Waals surface area contributed by atoms with Crippen LogP contribution in [0.4, 0.5) is 0 Å². The number of nitrogens with zero attached hydrogens (tertiary/aromatic N) is 1. The summed E-state index contributed by atoms with van der Waals surface area (Å²) in [5, 5.41) is 2.88. The summed E-state index contributed by atoms with van der Waals surface area (Å²) in [6, 6.07) is 0.984. The van der Waals surface area contributed by atoms with Gasteiger partial charge in [0.15, 0.2) is 0 Å². The van der Waals surface area contributed by atoms with Crippen LogP contribution in [0.3, 0.4) is 0 Å². The number of sulfonamides is 1. The molecule has 0 bridgehead atoms. The fourth-order valence-electron chi connectivity index (χ4n) is 1.49. The lowest BCUT2D eigenvalue weighted by molar-refractivity contribution is 0.278. The number of hydrogen-bond donors (Lipinski definition) is 2. The molecule has 1 aliphatic rings. The van der Waals surface area contributed by atoms with Gasteiger partial charge in [0.25, 0.3) is 0 Å². The highest BCUT2D eigenvalue weighted by atomic mass is 32.2. The topological polar surface area (TPSA) is 61.4 Å². The minimum atomic E-state index is -3.19. The molecule has 0 aromatic rings. The molecule has 0 aliphatic heterocycles. The van der Waals surface area contributed by atoms with Gasteiger partial charge in [-0.2, -0.15) is 0 Å². The van der Waals surface area contributed by atoms with Gasteiger partial charge in [-0.25, -0.2) is 13.1 Å². The number of hydrogen-bond acceptors (Lipinski definition) is 4. The fourth-order valence-corrected chi connectivity index (χ4v) is 2.47. The van der Waals surface area contributed by atoms with Crippen LogP contribution in [0.2, 0.25) is 0 Å². The Bertz CT molecular complexity index is 339. The molecule has 5 nitrogen and oxygen atoms in total. The molecule has 6 heteroatoms. The molecule has 0 heterocycles. The Morgan fingerprint density at radius 2 is 1.89 bits per heavy atom. The van der Waals surface area contributed by atoms with Gasteiger partial charge in [-0.05, 0) is 40.7 Å². The normalized spacial score (nSPS) is 18.6. The minimum absolute atomic E-state index is 0.373. The van der Waals surface area contributed by atoms with E-state index in [4.69, 9.17) is 0 Å². The molecule has 1 rings (SSSR count). The Hall–Kier alpha value is -0.170. The molecule has 0 amide bonds. The zero-order valence-corrected chi connectivity index (χ0v) is 12.8. The molecule has 0 spiro atoms. The molecule has 1 atom stereocenters. The smallest absolute Gasteiger partial charge is 0.215 e. The van der Waals surface area contributed by atoms with E-state index in [1.165, 1.54) is 12.8 Å². The number of rotatable bonds is 9. The third-order valence-electron chi connectivity index (χ3n) is 3.45. The molecule has 1 unspecified atom stereocenters. The van der Waals surface area contributed by atoms with Crippen molar-refractivity contribution in [3.8, 4) is 0 Å². The van der Waals surface area contributed by atoms with Crippen molar-refractivity contribution in [1.82, 2.24) is 14.9 Å². The number of nitrogens with one attached hydrogen (secondary N) is 2. The van der Waals surface area contributed by atoms with Gasteiger partial charge in [-0.3, -0.25) is 0 Å². The summed E-state index contributed by atoms with van der Waals surface area (Å²) in [4.78, 5) is 2.12. The van der Waals surface area contributed by atoms with Crippen LogP contribution in [-0.2, 0) is 10.0 Å². The second kappa shape index (κ2) is 6.84. The van der Waals surface area contributed by atoms with Crippen LogP contribution in [0.15, 0.2) is 0 Å². The highest BCUT2D eigenvalue weighted by Gasteiger charge is 2.25. The molecule has 1 saturated carbocycles. The molecular formula is C12H27N3O2S. The largest absolute Gasteiger partial charge is 0.313 e. The highest BCUT2D eigenvalue weighted by Crippen LogP contribution is 2.18. The Morgan fingerprint density at radius 3 is 2.39 bits per heavy atom. The Balaban J connectivity index is 2.24. The van der Waals surface area contributed by atoms with Crippen LogP contribution >= 0.6 is 0 Å². The van der Waals surface area contributed by atoms with Crippen molar-refractivity contribution < 1.29 is 8.42 Å². The van der Waals surface area contributed by atoms with E-state index in [9.17, 15) is 8.42 Å². The maximum atomic E-state index is 11.9. The van der Waals surface area contributed by atoms with Gasteiger partial charge in [0.2, 0.25) is 10.0 Å². The molecule has 2 N–H and O–H groups in total. The summed E-state index contributed by atoms with van der Waals surface area (Å²) in [6.45, 7) is 7.70. The standard InChI is InChI=1S/C12H27N3O2S/c1-10(2)15(4)8-7-14-18(16,17)11(3)9-13-12-5-6-12/h10-14H,5-9H2,1-4H3. The van der Waals surface area contributed by atoms with E-state index in [0.717, 1.165) is 6.54 Å². The molecule has 0 radical (unpaired) electrons. The lowest BCUT2D eigenvalue weighted by Gasteiger charge is -2.21. The van der Waals surface area contributed by atoms with Crippen molar-refractivity contribution in [2.45, 2.75) is 50.9 Å². The molecular weight excluding hydrogens is 250 g/mol. The zero-order valence-electron chi connectivity index (χ0n) is 11.9. The summed E-state index contributed by atoms with van der Waals surface area (Å²) in [5.74, 6) is 0. The molecule has 0 aromatic carbocycles. The Labute approximate surface area is 111 Å². The van der Waals surface area contributed by atoms with E-state index in [-0.39, 0.29) is 5.25 Å². The predicted molar refractivity (Wildman–Crippen MR) is 75.2 cm³/mol. The maximum absolute atomic E-state index is 11.9. The first-order chi connectivity index (χ1) is 8.33. The summed E-state index contributed by atoms with van der Waals surface area (Å²) in [5.41, 5.74) is 0. The minimum Gasteiger partial charge on any atom is -0.313 e. The van der Waals surface area contributed by atoms with Crippen LogP contribution < -0.4 is 10.0 Å². The number of likely N-dealkylation sites (N-methyl/N-ethyl adjacent to an activating group) is 1. The Morgan fingerprint density at radius 1 is 1.28 bits per heavy atom. The van der Waals surface area contributed by atoms with Crippen molar-refractivity contribution in [1.29, 1.82) is 0 Å². The first-order valence-electron chi connectivity index (χ1n) is 6.75. The molecule has 0 saturated heterocycles. The third kappa shape index (κ3) is 5.65. The molecule has 108 valence electrons. The second-order valence-electron chi connectivity index (χ2n) is 5.51. The van der Waals surface area contributed by atoms with Crippen LogP contribution in [0.1, 0.15) is 33.6 Å². The van der Waals surface area contributed by atoms with E-state index in [0.29, 0.717) is 25.2 Å². The van der Waals surface area contributed by atoms with E-state index >= 15 is 0 Å². The summed E-state index contributed by atoms with van der Waals surface area (Å²) < 4.78 is 26.6. The zero-order chi connectivity index (χ0) is 13.8. The first kappa shape index (κ1) is 15.9. The van der Waals surface area contributed by atoms with Gasteiger partial charge in [0.1, 0.15) is 0 Å². The van der Waals surface area contributed by atoms with Crippen LogP contribution in [0.5, 0.6) is 0 Å². The molecule has 18 heavy (non-hydrogen) atoms. The monoisotopic (exact) mass is 277 g/mol. The van der Waals surface area contributed by atoms with Crippen molar-refractivity contribution in [3.05, 3.63) is 0 Å². The quantitative estimate of drug-likeness (QED) is 0.640. The van der Waals surface area contributed by atoms with Crippen molar-refractivity contribution >= 4 is 10.0 Å². The van der Waals surface area contributed by atoms with Gasteiger partial charge in [0.05, 0.1) is 5.25 Å². The average Bonchev–Trinajstić information content (AvgIpc) is 3.08. The van der Waals surface area contributed by atoms with E-state index in [1.807, 2.05) is 7.05 Å². The lowest BCUT2D eigenvalue weighted by atomic mass is 10.3. The SMILES string of the molecule is CC(C)N(C)CCNS(=O)(=O)C(C)CNC1CC1. The van der Waals surface area contributed by atoms with Gasteiger partial charge >= 0.3 is 0 Å². The van der Waals surface area contributed by atoms with Crippen molar-refractivity contribution in [2.24, 2.45) is 0 Å². The van der Waals surface area contributed by atoms with Crippen molar-refractivity contribution in [2.75, 3.05) is 26.7 Å². The molecule has 0 aromatic heterocycles. The molecule has 1 aliphatic carbocycles. The highest BCUT2D eigenvalue weighted by molar-refractivity contribution is 7.90. The van der Waals surface area contributed by atoms with Gasteiger partial charge in [0, 0.05) is 31.7 Å².